The van der Waals surface area contributed by atoms with Gasteiger partial charge in [-0.2, -0.15) is 0 Å². The van der Waals surface area contributed by atoms with Gasteiger partial charge < -0.3 is 10.1 Å². The number of non-ortho nitro benzene ring substituents is 1. The van der Waals surface area contributed by atoms with Crippen molar-refractivity contribution in [3.8, 4) is 5.75 Å². The quantitative estimate of drug-likeness (QED) is 0.438. The first kappa shape index (κ1) is 20.1. The first-order valence-electron chi connectivity index (χ1n) is 8.31. The number of benzene rings is 2. The summed E-state index contributed by atoms with van der Waals surface area (Å²) >= 11 is 0.708. The molecule has 0 spiro atoms. The monoisotopic (exact) mass is 413 g/mol. The number of rotatable bonds is 6. The lowest BCUT2D eigenvalue weighted by Gasteiger charge is -2.12. The number of nitrogens with zero attached hydrogens (tertiary/aromatic N) is 2. The van der Waals surface area contributed by atoms with E-state index in [4.69, 9.17) is 4.74 Å². The molecule has 0 aliphatic carbocycles. The highest BCUT2D eigenvalue weighted by Crippen LogP contribution is 2.32. The van der Waals surface area contributed by atoms with Crippen LogP contribution >= 0.6 is 11.8 Å². The van der Waals surface area contributed by atoms with Crippen LogP contribution in [0.25, 0.3) is 6.08 Å². The van der Waals surface area contributed by atoms with Crippen LogP contribution in [0.1, 0.15) is 5.56 Å². The summed E-state index contributed by atoms with van der Waals surface area (Å²) < 4.78 is 5.04. The standard InChI is InChI=1S/C19H15N3O6S/c1-28-15-8-4-13(5-9-15)20-17(23)11-21-18(24)16(29-19(21)25)10-12-2-6-14(7-3-12)22(26)27/h2-10H,11H2,1H3,(H,20,23)/b16-10-. The topological polar surface area (TPSA) is 119 Å². The number of amides is 3. The zero-order valence-electron chi connectivity index (χ0n) is 15.2. The largest absolute Gasteiger partial charge is 0.497 e. The third-order valence-electron chi connectivity index (χ3n) is 3.95. The van der Waals surface area contributed by atoms with Crippen LogP contribution in [-0.4, -0.2) is 40.5 Å². The van der Waals surface area contributed by atoms with Crippen molar-refractivity contribution >= 4 is 46.3 Å². The van der Waals surface area contributed by atoms with Crippen LogP contribution in [0.5, 0.6) is 5.75 Å². The number of ether oxygens (including phenoxy) is 1. The van der Waals surface area contributed by atoms with Crippen LogP contribution in [0.15, 0.2) is 53.4 Å². The second kappa shape index (κ2) is 8.57. The molecule has 1 heterocycles. The van der Waals surface area contributed by atoms with Crippen molar-refractivity contribution in [1.29, 1.82) is 0 Å². The lowest BCUT2D eigenvalue weighted by molar-refractivity contribution is -0.384. The first-order chi connectivity index (χ1) is 13.9. The van der Waals surface area contributed by atoms with E-state index >= 15 is 0 Å². The summed E-state index contributed by atoms with van der Waals surface area (Å²) in [6.07, 6.45) is 1.45. The molecule has 1 aliphatic heterocycles. The van der Waals surface area contributed by atoms with Crippen molar-refractivity contribution in [2.24, 2.45) is 0 Å². The summed E-state index contributed by atoms with van der Waals surface area (Å²) in [5.41, 5.74) is 0.957. The van der Waals surface area contributed by atoms with Gasteiger partial charge in [0.2, 0.25) is 5.91 Å². The minimum atomic E-state index is -0.594. The number of nitro groups is 1. The number of hydrogen-bond acceptors (Lipinski definition) is 7. The van der Waals surface area contributed by atoms with Crippen LogP contribution < -0.4 is 10.1 Å². The molecule has 29 heavy (non-hydrogen) atoms. The van der Waals surface area contributed by atoms with Crippen LogP contribution in [-0.2, 0) is 9.59 Å². The predicted octanol–water partition coefficient (Wildman–Crippen LogP) is 3.28. The fourth-order valence-electron chi connectivity index (χ4n) is 2.50. The molecule has 0 radical (unpaired) electrons. The van der Waals surface area contributed by atoms with E-state index in [1.807, 2.05) is 0 Å². The Morgan fingerprint density at radius 2 is 1.83 bits per heavy atom. The predicted molar refractivity (Wildman–Crippen MR) is 107 cm³/mol. The molecule has 0 saturated carbocycles. The molecule has 0 unspecified atom stereocenters. The summed E-state index contributed by atoms with van der Waals surface area (Å²) in [4.78, 5) is 48.0. The number of nitro benzene ring substituents is 1. The second-order valence-corrected chi connectivity index (χ2v) is 6.89. The zero-order chi connectivity index (χ0) is 21.0. The van der Waals surface area contributed by atoms with Crippen molar-refractivity contribution in [2.75, 3.05) is 19.0 Å². The van der Waals surface area contributed by atoms with Gasteiger partial charge >= 0.3 is 0 Å². The molecule has 1 saturated heterocycles. The van der Waals surface area contributed by atoms with Crippen molar-refractivity contribution in [1.82, 2.24) is 4.90 Å². The van der Waals surface area contributed by atoms with E-state index in [0.29, 0.717) is 28.8 Å². The fourth-order valence-corrected chi connectivity index (χ4v) is 3.34. The number of imide groups is 1. The minimum absolute atomic E-state index is 0.0783. The van der Waals surface area contributed by atoms with Crippen LogP contribution in [0.4, 0.5) is 16.2 Å². The average molecular weight is 413 g/mol. The van der Waals surface area contributed by atoms with Crippen LogP contribution in [0.3, 0.4) is 0 Å². The van der Waals surface area contributed by atoms with Crippen molar-refractivity contribution in [2.45, 2.75) is 0 Å². The van der Waals surface area contributed by atoms with E-state index in [1.165, 1.54) is 37.5 Å². The van der Waals surface area contributed by atoms with Crippen molar-refractivity contribution in [3.05, 3.63) is 69.1 Å². The van der Waals surface area contributed by atoms with Gasteiger partial charge in [0.15, 0.2) is 0 Å². The lowest BCUT2D eigenvalue weighted by Crippen LogP contribution is -2.36. The molecule has 148 valence electrons. The molecule has 2 aromatic rings. The molecule has 3 rings (SSSR count). The summed E-state index contributed by atoms with van der Waals surface area (Å²) in [6.45, 7) is -0.422. The Kier molecular flexibility index (Phi) is 5.93. The Balaban J connectivity index is 1.66. The first-order valence-corrected chi connectivity index (χ1v) is 9.13. The molecule has 2 aromatic carbocycles. The summed E-state index contributed by atoms with van der Waals surface area (Å²) in [5.74, 6) is -0.484. The van der Waals surface area contributed by atoms with E-state index in [0.717, 1.165) is 4.90 Å². The Labute approximate surface area is 169 Å². The number of hydrogen-bond donors (Lipinski definition) is 1. The number of nitrogens with one attached hydrogen (secondary N) is 1. The van der Waals surface area contributed by atoms with Gasteiger partial charge in [-0.15, -0.1) is 0 Å². The second-order valence-electron chi connectivity index (χ2n) is 5.89. The average Bonchev–Trinajstić information content (AvgIpc) is 2.96. The normalized spacial score (nSPS) is 14.9. The Hall–Kier alpha value is -3.66. The molecule has 0 aromatic heterocycles. The SMILES string of the molecule is COc1ccc(NC(=O)CN2C(=O)S/C(=C\c3ccc([N+](=O)[O-])cc3)C2=O)cc1. The molecule has 9 nitrogen and oxygen atoms in total. The van der Waals surface area contributed by atoms with E-state index in [9.17, 15) is 24.5 Å². The lowest BCUT2D eigenvalue weighted by atomic mass is 10.2. The van der Waals surface area contributed by atoms with Gasteiger partial charge in [0.1, 0.15) is 12.3 Å². The van der Waals surface area contributed by atoms with E-state index in [-0.39, 0.29) is 10.6 Å². The maximum absolute atomic E-state index is 12.5. The maximum atomic E-state index is 12.5. The maximum Gasteiger partial charge on any atom is 0.294 e. The van der Waals surface area contributed by atoms with Crippen LogP contribution in [0.2, 0.25) is 0 Å². The Bertz CT molecular complexity index is 1000. The number of anilines is 1. The number of carbonyl (C=O) groups is 3. The fraction of sp³-hybridized carbons (Fsp3) is 0.105. The van der Waals surface area contributed by atoms with Crippen molar-refractivity contribution < 1.29 is 24.0 Å². The zero-order valence-corrected chi connectivity index (χ0v) is 16.0. The van der Waals surface area contributed by atoms with Gasteiger partial charge in [-0.05, 0) is 59.8 Å². The molecular weight excluding hydrogens is 398 g/mol. The molecular formula is C19H15N3O6S. The molecule has 1 aliphatic rings. The molecule has 0 bridgehead atoms. The molecule has 1 fully saturated rings. The Morgan fingerprint density at radius 1 is 1.17 bits per heavy atom. The summed E-state index contributed by atoms with van der Waals surface area (Å²) in [7, 11) is 1.53. The highest BCUT2D eigenvalue weighted by Gasteiger charge is 2.36. The molecule has 1 N–H and O–H groups in total. The molecule has 3 amide bonds. The summed E-state index contributed by atoms with van der Waals surface area (Å²) in [5, 5.41) is 12.7. The van der Waals surface area contributed by atoms with Crippen molar-refractivity contribution in [3.63, 3.8) is 0 Å². The third kappa shape index (κ3) is 4.79. The van der Waals surface area contributed by atoms with E-state index in [1.54, 1.807) is 24.3 Å². The summed E-state index contributed by atoms with van der Waals surface area (Å²) in [6, 6.07) is 12.2. The van der Waals surface area contributed by atoms with Gasteiger partial charge in [-0.3, -0.25) is 29.4 Å². The minimum Gasteiger partial charge on any atom is -0.497 e. The van der Waals surface area contributed by atoms with Gasteiger partial charge in [-0.25, -0.2) is 0 Å². The van der Waals surface area contributed by atoms with Gasteiger partial charge in [0.25, 0.3) is 16.8 Å². The Morgan fingerprint density at radius 3 is 2.41 bits per heavy atom. The van der Waals surface area contributed by atoms with Crippen LogP contribution in [0, 0.1) is 10.1 Å². The van der Waals surface area contributed by atoms with Gasteiger partial charge in [0.05, 0.1) is 16.9 Å². The smallest absolute Gasteiger partial charge is 0.294 e. The highest BCUT2D eigenvalue weighted by molar-refractivity contribution is 8.18. The van der Waals surface area contributed by atoms with Gasteiger partial charge in [-0.1, -0.05) is 0 Å². The highest BCUT2D eigenvalue weighted by atomic mass is 32.2. The van der Waals surface area contributed by atoms with E-state index in [2.05, 4.69) is 5.32 Å². The molecule has 10 heteroatoms. The van der Waals surface area contributed by atoms with E-state index < -0.39 is 28.5 Å². The van der Waals surface area contributed by atoms with Gasteiger partial charge in [0, 0.05) is 17.8 Å². The third-order valence-corrected chi connectivity index (χ3v) is 4.86. The number of carbonyl (C=O) groups excluding carboxylic acids is 3. The molecule has 0 atom stereocenters. The number of methoxy groups -OCH3 is 1. The number of thioether (sulfide) groups is 1.